The third-order valence-corrected chi connectivity index (χ3v) is 3.78. The summed E-state index contributed by atoms with van der Waals surface area (Å²) in [6, 6.07) is 7.88. The van der Waals surface area contributed by atoms with Gasteiger partial charge < -0.3 is 16.0 Å². The van der Waals surface area contributed by atoms with Crippen molar-refractivity contribution < 1.29 is 0 Å². The number of hydrogen-bond acceptors (Lipinski definition) is 2. The zero-order valence-corrected chi connectivity index (χ0v) is 12.6. The monoisotopic (exact) mass is 294 g/mol. The predicted molar refractivity (Wildman–Crippen MR) is 85.3 cm³/mol. The van der Waals surface area contributed by atoms with E-state index in [4.69, 9.17) is 17.3 Å². The lowest BCUT2D eigenvalue weighted by atomic mass is 10.1. The van der Waals surface area contributed by atoms with Crippen LogP contribution in [0.5, 0.6) is 0 Å². The van der Waals surface area contributed by atoms with E-state index in [0.717, 1.165) is 31.1 Å². The minimum absolute atomic E-state index is 0.540. The van der Waals surface area contributed by atoms with Crippen molar-refractivity contribution in [1.82, 2.24) is 10.2 Å². The summed E-state index contributed by atoms with van der Waals surface area (Å²) in [6.45, 7) is 5.00. The summed E-state index contributed by atoms with van der Waals surface area (Å²) in [4.78, 5) is 6.79. The van der Waals surface area contributed by atoms with Crippen LogP contribution in [0.2, 0.25) is 5.02 Å². The molecule has 0 aromatic heterocycles. The van der Waals surface area contributed by atoms with E-state index in [-0.39, 0.29) is 0 Å². The van der Waals surface area contributed by atoms with Crippen molar-refractivity contribution in [3.63, 3.8) is 0 Å². The summed E-state index contributed by atoms with van der Waals surface area (Å²) in [6.07, 6.45) is 3.55. The minimum atomic E-state index is 0.540. The molecule has 1 fully saturated rings. The zero-order valence-electron chi connectivity index (χ0n) is 11.8. The van der Waals surface area contributed by atoms with E-state index in [9.17, 15) is 0 Å². The van der Waals surface area contributed by atoms with Crippen molar-refractivity contribution in [2.75, 3.05) is 32.7 Å². The van der Waals surface area contributed by atoms with Crippen molar-refractivity contribution in [2.45, 2.75) is 19.3 Å². The lowest BCUT2D eigenvalue weighted by Crippen LogP contribution is -2.34. The molecule has 1 saturated heterocycles. The first-order valence-electron chi connectivity index (χ1n) is 7.24. The fourth-order valence-electron chi connectivity index (χ4n) is 2.36. The van der Waals surface area contributed by atoms with Gasteiger partial charge in [0.2, 0.25) is 0 Å². The summed E-state index contributed by atoms with van der Waals surface area (Å²) in [5.41, 5.74) is 7.09. The van der Waals surface area contributed by atoms with Crippen molar-refractivity contribution >= 4 is 17.6 Å². The first kappa shape index (κ1) is 15.1. The largest absolute Gasteiger partial charge is 0.370 e. The number of nitrogens with two attached hydrogens (primary N) is 1. The van der Waals surface area contributed by atoms with Gasteiger partial charge in [-0.2, -0.15) is 0 Å². The number of nitrogens with zero attached hydrogens (tertiary/aromatic N) is 2. The van der Waals surface area contributed by atoms with Gasteiger partial charge in [-0.3, -0.25) is 4.99 Å². The van der Waals surface area contributed by atoms with E-state index in [1.807, 2.05) is 24.3 Å². The summed E-state index contributed by atoms with van der Waals surface area (Å²) >= 11 is 5.85. The number of aliphatic imine (C=N–C) groups is 1. The van der Waals surface area contributed by atoms with Gasteiger partial charge in [-0.15, -0.1) is 0 Å². The third kappa shape index (κ3) is 5.39. The molecule has 0 radical (unpaired) electrons. The van der Waals surface area contributed by atoms with Crippen LogP contribution in [-0.2, 0) is 6.42 Å². The molecule has 4 nitrogen and oxygen atoms in total. The van der Waals surface area contributed by atoms with Gasteiger partial charge in [0.25, 0.3) is 0 Å². The van der Waals surface area contributed by atoms with E-state index < -0.39 is 0 Å². The SMILES string of the molecule is NC(=NCCN1CCCC1)NCCc1ccc(Cl)cc1. The Labute approximate surface area is 126 Å². The molecule has 3 N–H and O–H groups in total. The maximum atomic E-state index is 5.85. The van der Waals surface area contributed by atoms with Crippen LogP contribution < -0.4 is 11.1 Å². The van der Waals surface area contributed by atoms with Crippen molar-refractivity contribution in [3.05, 3.63) is 34.9 Å². The second-order valence-corrected chi connectivity index (χ2v) is 5.56. The molecule has 0 bridgehead atoms. The van der Waals surface area contributed by atoms with E-state index in [0.29, 0.717) is 5.96 Å². The number of likely N-dealkylation sites (tertiary alicyclic amines) is 1. The summed E-state index contributed by atoms with van der Waals surface area (Å²) in [5, 5.41) is 3.92. The van der Waals surface area contributed by atoms with Gasteiger partial charge >= 0.3 is 0 Å². The predicted octanol–water partition coefficient (Wildman–Crippen LogP) is 1.88. The number of hydrogen-bond donors (Lipinski definition) is 2. The molecule has 110 valence electrons. The summed E-state index contributed by atoms with van der Waals surface area (Å²) in [5.74, 6) is 0.540. The van der Waals surface area contributed by atoms with Gasteiger partial charge in [0, 0.05) is 18.1 Å². The molecule has 1 aromatic rings. The molecule has 5 heteroatoms. The Morgan fingerprint density at radius 1 is 1.25 bits per heavy atom. The molecule has 0 atom stereocenters. The van der Waals surface area contributed by atoms with Gasteiger partial charge in [0.1, 0.15) is 0 Å². The van der Waals surface area contributed by atoms with Gasteiger partial charge in [-0.1, -0.05) is 23.7 Å². The Bertz CT molecular complexity index is 424. The average molecular weight is 295 g/mol. The number of guanidine groups is 1. The highest BCUT2D eigenvalue weighted by Gasteiger charge is 2.09. The number of halogens is 1. The highest BCUT2D eigenvalue weighted by Crippen LogP contribution is 2.09. The smallest absolute Gasteiger partial charge is 0.188 e. The molecule has 0 saturated carbocycles. The molecule has 1 aliphatic heterocycles. The van der Waals surface area contributed by atoms with E-state index in [2.05, 4.69) is 15.2 Å². The third-order valence-electron chi connectivity index (χ3n) is 3.53. The maximum Gasteiger partial charge on any atom is 0.188 e. The Morgan fingerprint density at radius 2 is 1.95 bits per heavy atom. The molecule has 1 heterocycles. The van der Waals surface area contributed by atoms with Crippen molar-refractivity contribution in [3.8, 4) is 0 Å². The van der Waals surface area contributed by atoms with Crippen LogP contribution in [-0.4, -0.2) is 43.6 Å². The molecular formula is C15H23ClN4. The summed E-state index contributed by atoms with van der Waals surface area (Å²) in [7, 11) is 0. The Morgan fingerprint density at radius 3 is 2.65 bits per heavy atom. The van der Waals surface area contributed by atoms with Gasteiger partial charge in [0.05, 0.1) is 6.54 Å². The number of rotatable bonds is 6. The maximum absolute atomic E-state index is 5.85. The van der Waals surface area contributed by atoms with Crippen LogP contribution in [0.15, 0.2) is 29.3 Å². The Balaban J connectivity index is 1.61. The molecule has 0 spiro atoms. The van der Waals surface area contributed by atoms with E-state index in [1.54, 1.807) is 0 Å². The molecule has 1 aliphatic rings. The highest BCUT2D eigenvalue weighted by molar-refractivity contribution is 6.30. The first-order chi connectivity index (χ1) is 9.74. The fraction of sp³-hybridized carbons (Fsp3) is 0.533. The van der Waals surface area contributed by atoms with Crippen LogP contribution in [0.1, 0.15) is 18.4 Å². The van der Waals surface area contributed by atoms with Gasteiger partial charge in [-0.05, 0) is 50.0 Å². The van der Waals surface area contributed by atoms with Crippen LogP contribution >= 0.6 is 11.6 Å². The van der Waals surface area contributed by atoms with Gasteiger partial charge in [0.15, 0.2) is 5.96 Å². The molecular weight excluding hydrogens is 272 g/mol. The lowest BCUT2D eigenvalue weighted by molar-refractivity contribution is 0.349. The Kier molecular flexibility index (Phi) is 6.15. The summed E-state index contributed by atoms with van der Waals surface area (Å²) < 4.78 is 0. The second-order valence-electron chi connectivity index (χ2n) is 5.12. The topological polar surface area (TPSA) is 53.6 Å². The lowest BCUT2D eigenvalue weighted by Gasteiger charge is -2.12. The molecule has 0 unspecified atom stereocenters. The van der Waals surface area contributed by atoms with Crippen molar-refractivity contribution in [1.29, 1.82) is 0 Å². The van der Waals surface area contributed by atoms with Crippen LogP contribution in [0, 0.1) is 0 Å². The average Bonchev–Trinajstić information content (AvgIpc) is 2.94. The van der Waals surface area contributed by atoms with E-state index >= 15 is 0 Å². The molecule has 20 heavy (non-hydrogen) atoms. The minimum Gasteiger partial charge on any atom is -0.370 e. The van der Waals surface area contributed by atoms with Crippen molar-refractivity contribution in [2.24, 2.45) is 10.7 Å². The standard InChI is InChI=1S/C15H23ClN4/c16-14-5-3-13(4-6-14)7-8-18-15(17)19-9-12-20-10-1-2-11-20/h3-6H,1-2,7-12H2,(H3,17,18,19). The highest BCUT2D eigenvalue weighted by atomic mass is 35.5. The zero-order chi connectivity index (χ0) is 14.2. The van der Waals surface area contributed by atoms with Crippen LogP contribution in [0.3, 0.4) is 0 Å². The van der Waals surface area contributed by atoms with Crippen LogP contribution in [0.25, 0.3) is 0 Å². The quantitative estimate of drug-likeness (QED) is 0.622. The molecule has 0 amide bonds. The number of nitrogens with one attached hydrogen (secondary N) is 1. The molecule has 1 aromatic carbocycles. The second kappa shape index (κ2) is 8.12. The first-order valence-corrected chi connectivity index (χ1v) is 7.62. The van der Waals surface area contributed by atoms with Gasteiger partial charge in [-0.25, -0.2) is 0 Å². The molecule has 0 aliphatic carbocycles. The number of benzene rings is 1. The normalized spacial score (nSPS) is 16.6. The fourth-order valence-corrected chi connectivity index (χ4v) is 2.49. The van der Waals surface area contributed by atoms with E-state index in [1.165, 1.54) is 31.5 Å². The molecule has 2 rings (SSSR count). The Hall–Kier alpha value is -1.26. The van der Waals surface area contributed by atoms with Crippen LogP contribution in [0.4, 0.5) is 0 Å².